The number of aromatic nitrogens is 2. The minimum atomic E-state index is -0.606. The Bertz CT molecular complexity index is 982. The Kier molecular flexibility index (Phi) is 4.74. The summed E-state index contributed by atoms with van der Waals surface area (Å²) in [6.45, 7) is 2.70. The van der Waals surface area contributed by atoms with E-state index in [1.54, 1.807) is 12.3 Å². The van der Waals surface area contributed by atoms with E-state index in [2.05, 4.69) is 20.6 Å². The predicted molar refractivity (Wildman–Crippen MR) is 97.5 cm³/mol. The van der Waals surface area contributed by atoms with Gasteiger partial charge in [0.15, 0.2) is 0 Å². The summed E-state index contributed by atoms with van der Waals surface area (Å²) < 4.78 is 24.0. The largest absolute Gasteiger partial charge is 0.465 e. The highest BCUT2D eigenvalue weighted by Gasteiger charge is 2.18. The van der Waals surface area contributed by atoms with Crippen molar-refractivity contribution in [2.75, 3.05) is 26.7 Å². The summed E-state index contributed by atoms with van der Waals surface area (Å²) in [5, 5.41) is 7.71. The first-order valence-electron chi connectivity index (χ1n) is 8.62. The van der Waals surface area contributed by atoms with Gasteiger partial charge in [-0.1, -0.05) is 0 Å². The molecule has 1 unspecified atom stereocenters. The maximum atomic E-state index is 13.6. The highest BCUT2D eigenvalue weighted by atomic mass is 19.1. The zero-order valence-electron chi connectivity index (χ0n) is 14.7. The summed E-state index contributed by atoms with van der Waals surface area (Å²) in [6, 6.07) is 7.62. The van der Waals surface area contributed by atoms with Gasteiger partial charge in [-0.2, -0.15) is 0 Å². The second-order valence-corrected chi connectivity index (χ2v) is 6.28. The molecule has 0 aliphatic carbocycles. The van der Waals surface area contributed by atoms with Crippen molar-refractivity contribution in [3.05, 3.63) is 53.6 Å². The maximum Gasteiger partial charge on any atom is 0.341 e. The molecule has 0 radical (unpaired) electrons. The predicted octanol–water partition coefficient (Wildman–Crippen LogP) is 2.51. The highest BCUT2D eigenvalue weighted by Crippen LogP contribution is 2.29. The van der Waals surface area contributed by atoms with Crippen LogP contribution in [0, 0.1) is 5.82 Å². The van der Waals surface area contributed by atoms with E-state index in [0.29, 0.717) is 0 Å². The van der Waals surface area contributed by atoms with E-state index in [0.717, 1.165) is 42.3 Å². The van der Waals surface area contributed by atoms with Crippen LogP contribution in [0.3, 0.4) is 0 Å². The molecule has 1 fully saturated rings. The molecule has 0 bridgehead atoms. The van der Waals surface area contributed by atoms with E-state index in [1.807, 2.05) is 6.07 Å². The normalized spacial score (nSPS) is 17.0. The number of hydrogen-bond donors (Lipinski definition) is 3. The van der Waals surface area contributed by atoms with Crippen molar-refractivity contribution in [2.45, 2.75) is 6.04 Å². The van der Waals surface area contributed by atoms with Crippen LogP contribution in [0.4, 0.5) is 4.39 Å². The Morgan fingerprint density at radius 1 is 1.26 bits per heavy atom. The molecule has 1 atom stereocenters. The molecule has 2 aromatic heterocycles. The van der Waals surface area contributed by atoms with Crippen LogP contribution in [-0.2, 0) is 4.74 Å². The molecule has 0 spiro atoms. The number of ether oxygens (including phenoxy) is 2. The number of halogens is 1. The zero-order valence-corrected chi connectivity index (χ0v) is 14.7. The number of carbonyl (C=O) groups is 1. The molecular weight excluding hydrogens is 351 g/mol. The standard InChI is InChI=1S/C19H19FN4O3/c1-26-19(25)13-3-2-12(20)8-17(13)27-18-7-11-6-14(24-15(11)10-23-18)16-9-21-4-5-22-16/h2-3,6-8,10,16,21-22,24H,4-5,9H2,1H3. The van der Waals surface area contributed by atoms with E-state index in [4.69, 9.17) is 9.47 Å². The number of esters is 1. The molecule has 4 rings (SSSR count). The molecular formula is C19H19FN4O3. The summed E-state index contributed by atoms with van der Waals surface area (Å²) >= 11 is 0. The third kappa shape index (κ3) is 3.62. The SMILES string of the molecule is COC(=O)c1ccc(F)cc1Oc1cc2cc(C3CNCCN3)[nH]c2cn1. The molecule has 1 aromatic carbocycles. The van der Waals surface area contributed by atoms with E-state index >= 15 is 0 Å². The number of carbonyl (C=O) groups excluding carboxylic acids is 1. The third-order valence-corrected chi connectivity index (χ3v) is 4.48. The first-order chi connectivity index (χ1) is 13.1. The van der Waals surface area contributed by atoms with Crippen molar-refractivity contribution in [1.29, 1.82) is 0 Å². The lowest BCUT2D eigenvalue weighted by Gasteiger charge is -2.23. The van der Waals surface area contributed by atoms with Crippen molar-refractivity contribution in [1.82, 2.24) is 20.6 Å². The molecule has 3 N–H and O–H groups in total. The van der Waals surface area contributed by atoms with Gasteiger partial charge in [-0.25, -0.2) is 14.2 Å². The Morgan fingerprint density at radius 2 is 2.15 bits per heavy atom. The number of fused-ring (bicyclic) bond motifs is 1. The van der Waals surface area contributed by atoms with Gasteiger partial charge in [0, 0.05) is 42.8 Å². The number of benzene rings is 1. The van der Waals surface area contributed by atoms with Crippen molar-refractivity contribution >= 4 is 16.9 Å². The van der Waals surface area contributed by atoms with Crippen LogP contribution in [0.5, 0.6) is 11.6 Å². The Morgan fingerprint density at radius 3 is 2.93 bits per heavy atom. The van der Waals surface area contributed by atoms with Gasteiger partial charge in [-0.3, -0.25) is 0 Å². The number of piperazine rings is 1. The molecule has 8 heteroatoms. The number of H-pyrrole nitrogens is 1. The fourth-order valence-electron chi connectivity index (χ4n) is 3.12. The molecule has 27 heavy (non-hydrogen) atoms. The average Bonchev–Trinajstić information content (AvgIpc) is 3.12. The van der Waals surface area contributed by atoms with Crippen LogP contribution >= 0.6 is 0 Å². The van der Waals surface area contributed by atoms with Crippen LogP contribution in [0.25, 0.3) is 10.9 Å². The molecule has 140 valence electrons. The number of rotatable bonds is 4. The first-order valence-corrected chi connectivity index (χ1v) is 8.62. The quantitative estimate of drug-likeness (QED) is 0.612. The number of methoxy groups -OCH3 is 1. The molecule has 1 aliphatic rings. The van der Waals surface area contributed by atoms with E-state index in [-0.39, 0.29) is 23.2 Å². The molecule has 1 aliphatic heterocycles. The second kappa shape index (κ2) is 7.34. The second-order valence-electron chi connectivity index (χ2n) is 6.28. The Labute approximate surface area is 154 Å². The molecule has 1 saturated heterocycles. The van der Waals surface area contributed by atoms with Gasteiger partial charge in [0.05, 0.1) is 24.9 Å². The van der Waals surface area contributed by atoms with Crippen molar-refractivity contribution < 1.29 is 18.7 Å². The summed E-state index contributed by atoms with van der Waals surface area (Å²) in [6.07, 6.45) is 1.65. The van der Waals surface area contributed by atoms with Gasteiger partial charge in [0.2, 0.25) is 5.88 Å². The van der Waals surface area contributed by atoms with E-state index in [9.17, 15) is 9.18 Å². The molecule has 7 nitrogen and oxygen atoms in total. The van der Waals surface area contributed by atoms with Gasteiger partial charge in [0.1, 0.15) is 17.1 Å². The van der Waals surface area contributed by atoms with Crippen LogP contribution in [0.1, 0.15) is 22.1 Å². The third-order valence-electron chi connectivity index (χ3n) is 4.48. The fraction of sp³-hybridized carbons (Fsp3) is 0.263. The van der Waals surface area contributed by atoms with E-state index in [1.165, 1.54) is 19.2 Å². The Balaban J connectivity index is 1.63. The number of nitrogens with zero attached hydrogens (tertiary/aromatic N) is 1. The molecule has 3 heterocycles. The van der Waals surface area contributed by atoms with Crippen molar-refractivity contribution in [3.63, 3.8) is 0 Å². The highest BCUT2D eigenvalue weighted by molar-refractivity contribution is 5.92. The van der Waals surface area contributed by atoms with E-state index < -0.39 is 11.8 Å². The van der Waals surface area contributed by atoms with Crippen LogP contribution < -0.4 is 15.4 Å². The summed E-state index contributed by atoms with van der Waals surface area (Å²) in [4.78, 5) is 19.5. The minimum absolute atomic E-state index is 0.0580. The van der Waals surface area contributed by atoms with Crippen LogP contribution in [-0.4, -0.2) is 42.7 Å². The smallest absolute Gasteiger partial charge is 0.341 e. The number of hydrogen-bond acceptors (Lipinski definition) is 6. The van der Waals surface area contributed by atoms with Gasteiger partial charge < -0.3 is 25.1 Å². The molecule has 0 amide bonds. The lowest BCUT2D eigenvalue weighted by Crippen LogP contribution is -2.42. The monoisotopic (exact) mass is 370 g/mol. The van der Waals surface area contributed by atoms with Crippen molar-refractivity contribution in [3.8, 4) is 11.6 Å². The van der Waals surface area contributed by atoms with Crippen LogP contribution in [0.15, 0.2) is 36.5 Å². The fourth-order valence-corrected chi connectivity index (χ4v) is 3.12. The molecule has 3 aromatic rings. The topological polar surface area (TPSA) is 88.3 Å². The lowest BCUT2D eigenvalue weighted by molar-refractivity contribution is 0.0597. The van der Waals surface area contributed by atoms with Gasteiger partial charge in [-0.15, -0.1) is 0 Å². The first kappa shape index (κ1) is 17.4. The number of nitrogens with one attached hydrogen (secondary N) is 3. The number of pyridine rings is 1. The van der Waals surface area contributed by atoms with Gasteiger partial charge in [-0.05, 0) is 18.2 Å². The zero-order chi connectivity index (χ0) is 18.8. The molecule has 0 saturated carbocycles. The van der Waals surface area contributed by atoms with Gasteiger partial charge in [0.25, 0.3) is 0 Å². The number of aromatic amines is 1. The summed E-state index contributed by atoms with van der Waals surface area (Å²) in [7, 11) is 1.26. The van der Waals surface area contributed by atoms with Crippen molar-refractivity contribution in [2.24, 2.45) is 0 Å². The summed E-state index contributed by atoms with van der Waals surface area (Å²) in [5.41, 5.74) is 2.06. The maximum absolute atomic E-state index is 13.6. The minimum Gasteiger partial charge on any atom is -0.465 e. The van der Waals surface area contributed by atoms with Crippen LogP contribution in [0.2, 0.25) is 0 Å². The lowest BCUT2D eigenvalue weighted by atomic mass is 10.1. The summed E-state index contributed by atoms with van der Waals surface area (Å²) in [5.74, 6) is -0.800. The van der Waals surface area contributed by atoms with Gasteiger partial charge >= 0.3 is 5.97 Å². The average molecular weight is 370 g/mol. The Hall–Kier alpha value is -2.97.